The van der Waals surface area contributed by atoms with Crippen LogP contribution in [0.4, 0.5) is 5.69 Å². The molecule has 0 radical (unpaired) electrons. The van der Waals surface area contributed by atoms with Crippen LogP contribution >= 0.6 is 0 Å². The predicted molar refractivity (Wildman–Crippen MR) is 43.7 cm³/mol. The molecule has 0 spiro atoms. The number of hydrogen-bond acceptors (Lipinski definition) is 4. The van der Waals surface area contributed by atoms with Crippen molar-refractivity contribution >= 4 is 17.5 Å². The van der Waals surface area contributed by atoms with Gasteiger partial charge in [-0.2, -0.15) is 0 Å². The maximum absolute atomic E-state index is 11.1. The summed E-state index contributed by atoms with van der Waals surface area (Å²) in [6.45, 7) is 0. The number of nitroso groups, excluding NO2 is 1. The highest BCUT2D eigenvalue weighted by Crippen LogP contribution is 2.21. The van der Waals surface area contributed by atoms with E-state index in [1.807, 2.05) is 0 Å². The van der Waals surface area contributed by atoms with Crippen molar-refractivity contribution in [3.63, 3.8) is 0 Å². The Bertz CT molecular complexity index is 425. The predicted octanol–water partition coefficient (Wildman–Crippen LogP) is 0.968. The number of carbonyl (C=O) groups excluding carboxylic acids is 2. The number of benzene rings is 1. The molecule has 0 saturated heterocycles. The van der Waals surface area contributed by atoms with Gasteiger partial charge in [-0.1, -0.05) is 0 Å². The van der Waals surface area contributed by atoms with Crippen LogP contribution in [0.5, 0.6) is 0 Å². The van der Waals surface area contributed by atoms with Crippen LogP contribution in [0.25, 0.3) is 0 Å². The van der Waals surface area contributed by atoms with Gasteiger partial charge in [-0.15, -0.1) is 4.91 Å². The molecule has 1 aliphatic rings. The molecule has 0 bridgehead atoms. The van der Waals surface area contributed by atoms with E-state index in [4.69, 9.17) is 0 Å². The lowest BCUT2D eigenvalue weighted by molar-refractivity contribution is 0.0879. The fourth-order valence-electron chi connectivity index (χ4n) is 1.21. The van der Waals surface area contributed by atoms with Crippen LogP contribution in [0.3, 0.4) is 0 Å². The molecular weight excluding hydrogens is 172 g/mol. The van der Waals surface area contributed by atoms with Gasteiger partial charge >= 0.3 is 0 Å². The second-order valence-corrected chi connectivity index (χ2v) is 2.60. The zero-order chi connectivity index (χ0) is 9.42. The van der Waals surface area contributed by atoms with Crippen molar-refractivity contribution in [2.75, 3.05) is 0 Å². The van der Waals surface area contributed by atoms with Gasteiger partial charge in [0, 0.05) is 0 Å². The minimum absolute atomic E-state index is 0.142. The summed E-state index contributed by atoms with van der Waals surface area (Å²) in [5.41, 5.74) is 0.642. The summed E-state index contributed by atoms with van der Waals surface area (Å²) in [5, 5.41) is 4.78. The first-order chi connectivity index (χ1) is 6.22. The summed E-state index contributed by atoms with van der Waals surface area (Å²) in [6, 6.07) is 4.10. The third-order valence-electron chi connectivity index (χ3n) is 1.82. The van der Waals surface area contributed by atoms with E-state index < -0.39 is 11.8 Å². The molecule has 0 unspecified atom stereocenters. The van der Waals surface area contributed by atoms with Gasteiger partial charge in [0.2, 0.25) is 0 Å². The van der Waals surface area contributed by atoms with Gasteiger partial charge in [0.05, 0.1) is 11.1 Å². The van der Waals surface area contributed by atoms with E-state index >= 15 is 0 Å². The maximum Gasteiger partial charge on any atom is 0.259 e. The molecule has 2 rings (SSSR count). The molecule has 0 aliphatic carbocycles. The Labute approximate surface area is 72.7 Å². The molecule has 0 saturated carbocycles. The van der Waals surface area contributed by atoms with Crippen LogP contribution < -0.4 is 5.32 Å². The van der Waals surface area contributed by atoms with Crippen molar-refractivity contribution in [3.05, 3.63) is 34.2 Å². The molecule has 2 amide bonds. The Morgan fingerprint density at radius 2 is 1.77 bits per heavy atom. The van der Waals surface area contributed by atoms with Crippen molar-refractivity contribution in [2.24, 2.45) is 5.18 Å². The molecule has 5 heteroatoms. The quantitative estimate of drug-likeness (QED) is 0.511. The maximum atomic E-state index is 11.1. The molecule has 1 heterocycles. The van der Waals surface area contributed by atoms with Crippen molar-refractivity contribution < 1.29 is 9.59 Å². The molecule has 1 aliphatic heterocycles. The summed E-state index contributed by atoms with van der Waals surface area (Å²) < 4.78 is 0. The number of carbonyl (C=O) groups is 2. The Balaban J connectivity index is 2.64. The Morgan fingerprint density at radius 3 is 2.46 bits per heavy atom. The second-order valence-electron chi connectivity index (χ2n) is 2.60. The highest BCUT2D eigenvalue weighted by molar-refractivity contribution is 6.21. The Kier molecular flexibility index (Phi) is 1.45. The Morgan fingerprint density at radius 1 is 1.08 bits per heavy atom. The number of amides is 2. The van der Waals surface area contributed by atoms with Crippen LogP contribution in [0.1, 0.15) is 20.7 Å². The van der Waals surface area contributed by atoms with Crippen LogP contribution in [-0.2, 0) is 0 Å². The van der Waals surface area contributed by atoms with Gasteiger partial charge in [0.15, 0.2) is 0 Å². The first-order valence-corrected chi connectivity index (χ1v) is 3.55. The van der Waals surface area contributed by atoms with Gasteiger partial charge in [-0.05, 0) is 23.4 Å². The van der Waals surface area contributed by atoms with E-state index in [-0.39, 0.29) is 16.8 Å². The van der Waals surface area contributed by atoms with Crippen molar-refractivity contribution in [1.82, 2.24) is 5.32 Å². The average molecular weight is 176 g/mol. The van der Waals surface area contributed by atoms with Crippen LogP contribution in [0.2, 0.25) is 0 Å². The molecule has 0 atom stereocenters. The fraction of sp³-hybridized carbons (Fsp3) is 0. The first kappa shape index (κ1) is 7.60. The van der Waals surface area contributed by atoms with Crippen molar-refractivity contribution in [3.8, 4) is 0 Å². The number of nitrogens with zero attached hydrogens (tertiary/aromatic N) is 1. The third-order valence-corrected chi connectivity index (χ3v) is 1.82. The summed E-state index contributed by atoms with van der Waals surface area (Å²) >= 11 is 0. The minimum atomic E-state index is -0.481. The van der Waals surface area contributed by atoms with E-state index in [2.05, 4.69) is 10.5 Å². The summed E-state index contributed by atoms with van der Waals surface area (Å²) in [6.07, 6.45) is 0. The lowest BCUT2D eigenvalue weighted by Gasteiger charge is -1.92. The van der Waals surface area contributed by atoms with Crippen LogP contribution in [-0.4, -0.2) is 11.8 Å². The van der Waals surface area contributed by atoms with Crippen LogP contribution in [0, 0.1) is 4.91 Å². The molecule has 13 heavy (non-hydrogen) atoms. The first-order valence-electron chi connectivity index (χ1n) is 3.55. The smallest absolute Gasteiger partial charge is 0.259 e. The largest absolute Gasteiger partial charge is 0.288 e. The molecule has 5 nitrogen and oxygen atoms in total. The normalized spacial score (nSPS) is 13.8. The van der Waals surface area contributed by atoms with Gasteiger partial charge in [0.1, 0.15) is 5.69 Å². The highest BCUT2D eigenvalue weighted by atomic mass is 16.3. The fourth-order valence-corrected chi connectivity index (χ4v) is 1.21. The van der Waals surface area contributed by atoms with E-state index in [9.17, 15) is 14.5 Å². The Hall–Kier alpha value is -2.04. The van der Waals surface area contributed by atoms with Gasteiger partial charge in [-0.25, -0.2) is 0 Å². The monoisotopic (exact) mass is 176 g/mol. The zero-order valence-electron chi connectivity index (χ0n) is 6.40. The SMILES string of the molecule is O=Nc1ccc2c(c1)C(=O)NC2=O. The number of imide groups is 1. The van der Waals surface area contributed by atoms with E-state index in [1.54, 1.807) is 0 Å². The minimum Gasteiger partial charge on any atom is -0.288 e. The van der Waals surface area contributed by atoms with E-state index in [0.717, 1.165) is 0 Å². The molecule has 1 N–H and O–H groups in total. The average Bonchev–Trinajstić information content (AvgIpc) is 2.42. The molecular formula is C8H4N2O3. The second kappa shape index (κ2) is 2.48. The number of fused-ring (bicyclic) bond motifs is 1. The van der Waals surface area contributed by atoms with E-state index in [1.165, 1.54) is 18.2 Å². The summed E-state index contributed by atoms with van der Waals surface area (Å²) in [4.78, 5) is 32.2. The molecule has 1 aromatic rings. The lowest BCUT2D eigenvalue weighted by Crippen LogP contribution is -2.19. The van der Waals surface area contributed by atoms with E-state index in [0.29, 0.717) is 0 Å². The van der Waals surface area contributed by atoms with Crippen molar-refractivity contribution in [2.45, 2.75) is 0 Å². The highest BCUT2D eigenvalue weighted by Gasteiger charge is 2.26. The van der Waals surface area contributed by atoms with Gasteiger partial charge in [-0.3, -0.25) is 14.9 Å². The molecule has 1 aromatic carbocycles. The van der Waals surface area contributed by atoms with Gasteiger partial charge < -0.3 is 0 Å². The van der Waals surface area contributed by atoms with Gasteiger partial charge in [0.25, 0.3) is 11.8 Å². The zero-order valence-corrected chi connectivity index (χ0v) is 6.40. The standard InChI is InChI=1S/C8H4N2O3/c11-7-5-2-1-4(10-13)3-6(5)8(12)9-7/h1-3H,(H,9,11,12). The molecule has 64 valence electrons. The molecule has 0 fully saturated rings. The number of hydrogen-bond donors (Lipinski definition) is 1. The number of nitrogens with one attached hydrogen (secondary N) is 1. The molecule has 0 aromatic heterocycles. The van der Waals surface area contributed by atoms with Crippen LogP contribution in [0.15, 0.2) is 23.4 Å². The van der Waals surface area contributed by atoms with Crippen molar-refractivity contribution in [1.29, 1.82) is 0 Å². The number of rotatable bonds is 1. The third kappa shape index (κ3) is 1.01. The summed E-state index contributed by atoms with van der Waals surface area (Å²) in [5.74, 6) is -0.914. The topological polar surface area (TPSA) is 75.6 Å². The summed E-state index contributed by atoms with van der Waals surface area (Å²) in [7, 11) is 0. The lowest BCUT2D eigenvalue weighted by atomic mass is 10.1.